The Hall–Kier alpha value is -2.41. The van der Waals surface area contributed by atoms with Crippen LogP contribution in [0.15, 0.2) is 18.2 Å². The van der Waals surface area contributed by atoms with Crippen LogP contribution < -0.4 is 15.5 Å². The highest BCUT2D eigenvalue weighted by Gasteiger charge is 2.24. The van der Waals surface area contributed by atoms with E-state index in [1.807, 2.05) is 45.9 Å². The van der Waals surface area contributed by atoms with Crippen LogP contribution in [0.2, 0.25) is 0 Å². The number of amides is 2. The second kappa shape index (κ2) is 10.7. The van der Waals surface area contributed by atoms with Gasteiger partial charge in [0.15, 0.2) is 13.1 Å². The summed E-state index contributed by atoms with van der Waals surface area (Å²) < 4.78 is 4.75. The smallest absolute Gasteiger partial charge is 0.328 e. The van der Waals surface area contributed by atoms with Crippen molar-refractivity contribution in [2.75, 3.05) is 32.6 Å². The first-order chi connectivity index (χ1) is 12.6. The second-order valence-corrected chi connectivity index (χ2v) is 7.38. The predicted octanol–water partition coefficient (Wildman–Crippen LogP) is 0.461. The number of nitrogens with one attached hydrogen (secondary N) is 3. The summed E-state index contributed by atoms with van der Waals surface area (Å²) >= 11 is 0. The van der Waals surface area contributed by atoms with Crippen molar-refractivity contribution in [3.05, 3.63) is 29.3 Å². The predicted molar refractivity (Wildman–Crippen MR) is 105 cm³/mol. The van der Waals surface area contributed by atoms with Crippen LogP contribution in [0, 0.1) is 19.8 Å². The standard InChI is InChI=1S/C20H31N3O4/c1-13(2)10-17(20(26)27-6)22-19(25)12-23(5)11-18(24)21-16-9-7-8-14(3)15(16)4/h7-9,13,17H,10-12H2,1-6H3,(H,21,24)(H,22,25)/p+1/t17-/m0/s1. The molecule has 0 fully saturated rings. The van der Waals surface area contributed by atoms with Crippen LogP contribution in [0.5, 0.6) is 0 Å². The number of carbonyl (C=O) groups is 3. The average Bonchev–Trinajstić information content (AvgIpc) is 2.56. The van der Waals surface area contributed by atoms with Gasteiger partial charge in [0.2, 0.25) is 0 Å². The number of aryl methyl sites for hydroxylation is 1. The van der Waals surface area contributed by atoms with E-state index in [0.29, 0.717) is 6.42 Å². The molecule has 0 aliphatic heterocycles. The van der Waals surface area contributed by atoms with E-state index in [-0.39, 0.29) is 30.8 Å². The Balaban J connectivity index is 2.55. The third-order valence-electron chi connectivity index (χ3n) is 4.33. The molecule has 0 radical (unpaired) electrons. The molecule has 3 N–H and O–H groups in total. The van der Waals surface area contributed by atoms with Crippen molar-refractivity contribution in [3.63, 3.8) is 0 Å². The van der Waals surface area contributed by atoms with Gasteiger partial charge in [-0.15, -0.1) is 0 Å². The molecule has 0 saturated carbocycles. The first-order valence-corrected chi connectivity index (χ1v) is 9.18. The van der Waals surface area contributed by atoms with Gasteiger partial charge in [0.05, 0.1) is 14.2 Å². The van der Waals surface area contributed by atoms with Crippen molar-refractivity contribution in [1.82, 2.24) is 5.32 Å². The quantitative estimate of drug-likeness (QED) is 0.545. The highest BCUT2D eigenvalue weighted by Crippen LogP contribution is 2.17. The molecule has 1 aromatic carbocycles. The first kappa shape index (κ1) is 22.6. The molecule has 7 nitrogen and oxygen atoms in total. The average molecular weight is 378 g/mol. The molecule has 7 heteroatoms. The summed E-state index contributed by atoms with van der Waals surface area (Å²) in [7, 11) is 3.06. The normalized spacial score (nSPS) is 13.0. The number of benzene rings is 1. The maximum atomic E-state index is 12.3. The summed E-state index contributed by atoms with van der Waals surface area (Å²) in [6, 6.07) is 5.07. The molecule has 1 unspecified atom stereocenters. The van der Waals surface area contributed by atoms with Gasteiger partial charge in [-0.2, -0.15) is 0 Å². The fraction of sp³-hybridized carbons (Fsp3) is 0.550. The fourth-order valence-corrected chi connectivity index (χ4v) is 2.76. The Morgan fingerprint density at radius 3 is 2.33 bits per heavy atom. The molecule has 0 bridgehead atoms. The molecular weight excluding hydrogens is 346 g/mol. The molecule has 1 rings (SSSR count). The Morgan fingerprint density at radius 2 is 1.74 bits per heavy atom. The SMILES string of the molecule is COC(=O)[C@H](CC(C)C)NC(=O)C[NH+](C)CC(=O)Nc1cccc(C)c1C. The minimum absolute atomic E-state index is 0.0891. The first-order valence-electron chi connectivity index (χ1n) is 9.18. The lowest BCUT2D eigenvalue weighted by atomic mass is 10.0. The molecular formula is C20H32N3O4+. The fourth-order valence-electron chi connectivity index (χ4n) is 2.76. The zero-order valence-corrected chi connectivity index (χ0v) is 17.1. The van der Waals surface area contributed by atoms with E-state index < -0.39 is 12.0 Å². The van der Waals surface area contributed by atoms with Gasteiger partial charge in [-0.3, -0.25) is 9.59 Å². The summed E-state index contributed by atoms with van der Waals surface area (Å²) in [5.41, 5.74) is 2.91. The van der Waals surface area contributed by atoms with Crippen LogP contribution in [0.25, 0.3) is 0 Å². The number of methoxy groups -OCH3 is 1. The number of anilines is 1. The molecule has 150 valence electrons. The lowest BCUT2D eigenvalue weighted by molar-refractivity contribution is -0.862. The molecule has 2 atom stereocenters. The Labute approximate surface area is 161 Å². The van der Waals surface area contributed by atoms with Crippen LogP contribution in [0.4, 0.5) is 5.69 Å². The van der Waals surface area contributed by atoms with Crippen molar-refractivity contribution in [1.29, 1.82) is 0 Å². The van der Waals surface area contributed by atoms with E-state index in [0.717, 1.165) is 21.7 Å². The van der Waals surface area contributed by atoms with E-state index in [9.17, 15) is 14.4 Å². The molecule has 0 spiro atoms. The van der Waals surface area contributed by atoms with Crippen molar-refractivity contribution in [2.45, 2.75) is 40.2 Å². The Kier molecular flexibility index (Phi) is 8.94. The van der Waals surface area contributed by atoms with Crippen LogP contribution in [-0.2, 0) is 19.1 Å². The number of esters is 1. The van der Waals surface area contributed by atoms with Gasteiger partial charge in [0, 0.05) is 5.69 Å². The molecule has 0 aromatic heterocycles. The number of hydrogen-bond donors (Lipinski definition) is 3. The lowest BCUT2D eigenvalue weighted by Gasteiger charge is -2.20. The van der Waals surface area contributed by atoms with E-state index >= 15 is 0 Å². The van der Waals surface area contributed by atoms with Crippen LogP contribution in [-0.4, -0.2) is 51.1 Å². The number of hydrogen-bond acceptors (Lipinski definition) is 4. The molecule has 0 aliphatic rings. The van der Waals surface area contributed by atoms with Crippen LogP contribution in [0.3, 0.4) is 0 Å². The molecule has 0 aliphatic carbocycles. The molecule has 0 saturated heterocycles. The van der Waals surface area contributed by atoms with Crippen molar-refractivity contribution in [3.8, 4) is 0 Å². The van der Waals surface area contributed by atoms with E-state index in [1.165, 1.54) is 7.11 Å². The minimum atomic E-state index is -0.668. The molecule has 1 aromatic rings. The topological polar surface area (TPSA) is 88.9 Å². The van der Waals surface area contributed by atoms with Gasteiger partial charge in [-0.25, -0.2) is 4.79 Å². The number of likely N-dealkylation sites (N-methyl/N-ethyl adjacent to an activating group) is 1. The van der Waals surface area contributed by atoms with Gasteiger partial charge in [-0.05, 0) is 43.4 Å². The number of quaternary nitrogens is 1. The van der Waals surface area contributed by atoms with Crippen LogP contribution in [0.1, 0.15) is 31.4 Å². The van der Waals surface area contributed by atoms with Gasteiger partial charge in [-0.1, -0.05) is 26.0 Å². The maximum absolute atomic E-state index is 12.3. The van der Waals surface area contributed by atoms with Gasteiger partial charge < -0.3 is 20.3 Å². The Bertz CT molecular complexity index is 673. The molecule has 2 amide bonds. The zero-order chi connectivity index (χ0) is 20.6. The van der Waals surface area contributed by atoms with Crippen molar-refractivity contribution >= 4 is 23.5 Å². The molecule has 27 heavy (non-hydrogen) atoms. The zero-order valence-electron chi connectivity index (χ0n) is 17.1. The minimum Gasteiger partial charge on any atom is -0.467 e. The lowest BCUT2D eigenvalue weighted by Crippen LogP contribution is -3.11. The third kappa shape index (κ3) is 7.78. The summed E-state index contributed by atoms with van der Waals surface area (Å²) in [6.45, 7) is 8.12. The summed E-state index contributed by atoms with van der Waals surface area (Å²) in [5.74, 6) is -0.672. The third-order valence-corrected chi connectivity index (χ3v) is 4.33. The van der Waals surface area contributed by atoms with E-state index in [4.69, 9.17) is 4.74 Å². The molecule has 0 heterocycles. The van der Waals surface area contributed by atoms with Crippen molar-refractivity contribution in [2.24, 2.45) is 5.92 Å². The highest BCUT2D eigenvalue weighted by molar-refractivity contribution is 5.92. The van der Waals surface area contributed by atoms with Gasteiger partial charge >= 0.3 is 5.97 Å². The van der Waals surface area contributed by atoms with Crippen LogP contribution >= 0.6 is 0 Å². The van der Waals surface area contributed by atoms with Gasteiger partial charge in [0.1, 0.15) is 6.04 Å². The largest absolute Gasteiger partial charge is 0.467 e. The number of ether oxygens (including phenoxy) is 1. The van der Waals surface area contributed by atoms with Crippen molar-refractivity contribution < 1.29 is 24.0 Å². The Morgan fingerprint density at radius 1 is 1.11 bits per heavy atom. The number of carbonyl (C=O) groups excluding carboxylic acids is 3. The maximum Gasteiger partial charge on any atom is 0.328 e. The summed E-state index contributed by atoms with van der Waals surface area (Å²) in [4.78, 5) is 37.0. The summed E-state index contributed by atoms with van der Waals surface area (Å²) in [5, 5.41) is 5.59. The van der Waals surface area contributed by atoms with Gasteiger partial charge in [0.25, 0.3) is 11.8 Å². The highest BCUT2D eigenvalue weighted by atomic mass is 16.5. The monoisotopic (exact) mass is 378 g/mol. The second-order valence-electron chi connectivity index (χ2n) is 7.38. The van der Waals surface area contributed by atoms with E-state index in [1.54, 1.807) is 7.05 Å². The summed E-state index contributed by atoms with van der Waals surface area (Å²) in [6.07, 6.45) is 0.505. The van der Waals surface area contributed by atoms with E-state index in [2.05, 4.69) is 10.6 Å². The number of rotatable bonds is 9.